The third kappa shape index (κ3) is 3.07. The predicted molar refractivity (Wildman–Crippen MR) is 66.7 cm³/mol. The van der Waals surface area contributed by atoms with Crippen molar-refractivity contribution in [3.05, 3.63) is 59.4 Å². The molecule has 1 heterocycles. The number of rotatable bonds is 4. The maximum atomic E-state index is 11.0. The SMILES string of the molecule is N#Cc1cc(COc2ccccc2C(=O)O)ccn1. The number of carboxylic acids is 1. The average Bonchev–Trinajstić information content (AvgIpc) is 2.45. The Morgan fingerprint density at radius 2 is 2.16 bits per heavy atom. The Bertz CT molecular complexity index is 647. The van der Waals surface area contributed by atoms with Crippen molar-refractivity contribution in [2.24, 2.45) is 0 Å². The Hall–Kier alpha value is -2.87. The average molecular weight is 254 g/mol. The Balaban J connectivity index is 2.15. The van der Waals surface area contributed by atoms with Crippen molar-refractivity contribution in [3.63, 3.8) is 0 Å². The lowest BCUT2D eigenvalue weighted by atomic mass is 10.2. The van der Waals surface area contributed by atoms with E-state index in [0.717, 1.165) is 5.56 Å². The van der Waals surface area contributed by atoms with Crippen LogP contribution in [-0.2, 0) is 6.61 Å². The molecule has 0 aliphatic heterocycles. The van der Waals surface area contributed by atoms with Crippen LogP contribution >= 0.6 is 0 Å². The van der Waals surface area contributed by atoms with Gasteiger partial charge in [0.15, 0.2) is 0 Å². The fourth-order valence-corrected chi connectivity index (χ4v) is 1.56. The van der Waals surface area contributed by atoms with Gasteiger partial charge in [-0.1, -0.05) is 12.1 Å². The minimum atomic E-state index is -1.04. The second-order valence-corrected chi connectivity index (χ2v) is 3.75. The van der Waals surface area contributed by atoms with E-state index in [-0.39, 0.29) is 12.2 Å². The molecule has 1 N–H and O–H groups in total. The first-order valence-corrected chi connectivity index (χ1v) is 5.51. The van der Waals surface area contributed by atoms with Gasteiger partial charge in [0.1, 0.15) is 29.7 Å². The number of hydrogen-bond donors (Lipinski definition) is 1. The van der Waals surface area contributed by atoms with Gasteiger partial charge in [0.2, 0.25) is 0 Å². The molecular weight excluding hydrogens is 244 g/mol. The van der Waals surface area contributed by atoms with E-state index in [1.807, 2.05) is 6.07 Å². The zero-order valence-corrected chi connectivity index (χ0v) is 9.91. The monoisotopic (exact) mass is 254 g/mol. The molecule has 1 aromatic heterocycles. The van der Waals surface area contributed by atoms with Gasteiger partial charge in [-0.25, -0.2) is 9.78 Å². The number of hydrogen-bond acceptors (Lipinski definition) is 4. The summed E-state index contributed by atoms with van der Waals surface area (Å²) in [5.74, 6) is -0.742. The number of pyridine rings is 1. The molecule has 0 saturated heterocycles. The third-order valence-electron chi connectivity index (χ3n) is 2.45. The number of aromatic nitrogens is 1. The molecule has 0 unspecified atom stereocenters. The first kappa shape index (κ1) is 12.6. The zero-order valence-electron chi connectivity index (χ0n) is 9.91. The maximum Gasteiger partial charge on any atom is 0.339 e. The molecule has 19 heavy (non-hydrogen) atoms. The van der Waals surface area contributed by atoms with Gasteiger partial charge in [0.25, 0.3) is 0 Å². The molecule has 0 atom stereocenters. The highest BCUT2D eigenvalue weighted by Gasteiger charge is 2.10. The van der Waals surface area contributed by atoms with Crippen molar-refractivity contribution in [2.75, 3.05) is 0 Å². The number of carbonyl (C=O) groups is 1. The van der Waals surface area contributed by atoms with E-state index in [9.17, 15) is 4.79 Å². The Morgan fingerprint density at radius 1 is 1.37 bits per heavy atom. The van der Waals surface area contributed by atoms with Crippen LogP contribution in [0.25, 0.3) is 0 Å². The van der Waals surface area contributed by atoms with Gasteiger partial charge in [0, 0.05) is 6.20 Å². The molecule has 94 valence electrons. The van der Waals surface area contributed by atoms with E-state index < -0.39 is 5.97 Å². The summed E-state index contributed by atoms with van der Waals surface area (Å²) in [6.45, 7) is 0.182. The van der Waals surface area contributed by atoms with E-state index in [2.05, 4.69) is 4.98 Å². The van der Waals surface area contributed by atoms with Gasteiger partial charge >= 0.3 is 5.97 Å². The molecule has 5 nitrogen and oxygen atoms in total. The molecule has 0 bridgehead atoms. The van der Waals surface area contributed by atoms with E-state index in [0.29, 0.717) is 11.4 Å². The van der Waals surface area contributed by atoms with Crippen LogP contribution in [0.4, 0.5) is 0 Å². The molecule has 0 radical (unpaired) electrons. The highest BCUT2D eigenvalue weighted by atomic mass is 16.5. The van der Waals surface area contributed by atoms with Crippen molar-refractivity contribution in [2.45, 2.75) is 6.61 Å². The second kappa shape index (κ2) is 5.65. The van der Waals surface area contributed by atoms with Crippen molar-refractivity contribution >= 4 is 5.97 Å². The fourth-order valence-electron chi connectivity index (χ4n) is 1.56. The van der Waals surface area contributed by atoms with Crippen LogP contribution in [0.15, 0.2) is 42.6 Å². The second-order valence-electron chi connectivity index (χ2n) is 3.75. The number of para-hydroxylation sites is 1. The summed E-state index contributed by atoms with van der Waals surface area (Å²) in [6, 6.07) is 11.7. The molecule has 0 spiro atoms. The van der Waals surface area contributed by atoms with Crippen molar-refractivity contribution < 1.29 is 14.6 Å². The van der Waals surface area contributed by atoms with E-state index >= 15 is 0 Å². The third-order valence-corrected chi connectivity index (χ3v) is 2.45. The largest absolute Gasteiger partial charge is 0.488 e. The molecular formula is C14H10N2O3. The summed E-state index contributed by atoms with van der Waals surface area (Å²) in [7, 11) is 0. The lowest BCUT2D eigenvalue weighted by molar-refractivity contribution is 0.0691. The lowest BCUT2D eigenvalue weighted by Gasteiger charge is -2.08. The minimum absolute atomic E-state index is 0.108. The summed E-state index contributed by atoms with van der Waals surface area (Å²) in [5, 5.41) is 17.7. The van der Waals surface area contributed by atoms with Gasteiger partial charge in [0.05, 0.1) is 0 Å². The number of carboxylic acid groups (broad SMARTS) is 1. The van der Waals surface area contributed by atoms with Gasteiger partial charge in [-0.2, -0.15) is 5.26 Å². The van der Waals surface area contributed by atoms with Crippen molar-refractivity contribution in [1.29, 1.82) is 5.26 Å². The highest BCUT2D eigenvalue weighted by molar-refractivity contribution is 5.90. The normalized spacial score (nSPS) is 9.63. The van der Waals surface area contributed by atoms with Crippen LogP contribution in [0.5, 0.6) is 5.75 Å². The number of nitriles is 1. The first-order valence-electron chi connectivity index (χ1n) is 5.51. The van der Waals surface area contributed by atoms with Crippen LogP contribution < -0.4 is 4.74 Å². The van der Waals surface area contributed by atoms with Gasteiger partial charge in [-0.15, -0.1) is 0 Å². The molecule has 2 rings (SSSR count). The molecule has 0 fully saturated rings. The van der Waals surface area contributed by atoms with E-state index in [4.69, 9.17) is 15.1 Å². The van der Waals surface area contributed by atoms with E-state index in [1.54, 1.807) is 30.3 Å². The summed E-state index contributed by atoms with van der Waals surface area (Å²) in [5.41, 5.74) is 1.16. The molecule has 0 aliphatic rings. The summed E-state index contributed by atoms with van der Waals surface area (Å²) in [6.07, 6.45) is 1.51. The van der Waals surface area contributed by atoms with Crippen LogP contribution in [-0.4, -0.2) is 16.1 Å². The van der Waals surface area contributed by atoms with E-state index in [1.165, 1.54) is 12.3 Å². The smallest absolute Gasteiger partial charge is 0.339 e. The predicted octanol–water partition coefficient (Wildman–Crippen LogP) is 2.23. The fraction of sp³-hybridized carbons (Fsp3) is 0.0714. The van der Waals surface area contributed by atoms with Crippen molar-refractivity contribution in [3.8, 4) is 11.8 Å². The number of nitrogens with zero attached hydrogens (tertiary/aromatic N) is 2. The number of benzene rings is 1. The Morgan fingerprint density at radius 3 is 2.89 bits per heavy atom. The maximum absolute atomic E-state index is 11.0. The van der Waals surface area contributed by atoms with Gasteiger partial charge in [-0.05, 0) is 29.8 Å². The lowest BCUT2D eigenvalue weighted by Crippen LogP contribution is -2.03. The molecule has 0 saturated carbocycles. The topological polar surface area (TPSA) is 83.2 Å². The molecule has 5 heteroatoms. The van der Waals surface area contributed by atoms with Crippen LogP contribution in [0, 0.1) is 11.3 Å². The van der Waals surface area contributed by atoms with Crippen LogP contribution in [0.2, 0.25) is 0 Å². The Labute approximate surface area is 109 Å². The number of aromatic carboxylic acids is 1. The quantitative estimate of drug-likeness (QED) is 0.904. The van der Waals surface area contributed by atoms with Crippen LogP contribution in [0.1, 0.15) is 21.6 Å². The highest BCUT2D eigenvalue weighted by Crippen LogP contribution is 2.19. The molecule has 0 amide bonds. The summed E-state index contributed by atoms with van der Waals surface area (Å²) < 4.78 is 5.47. The summed E-state index contributed by atoms with van der Waals surface area (Å²) in [4.78, 5) is 14.8. The Kier molecular flexibility index (Phi) is 3.74. The number of ether oxygens (including phenoxy) is 1. The zero-order chi connectivity index (χ0) is 13.7. The van der Waals surface area contributed by atoms with Gasteiger partial charge < -0.3 is 9.84 Å². The van der Waals surface area contributed by atoms with Crippen LogP contribution in [0.3, 0.4) is 0 Å². The standard InChI is InChI=1S/C14H10N2O3/c15-8-11-7-10(5-6-16-11)9-19-13-4-2-1-3-12(13)14(17)18/h1-7H,9H2,(H,17,18). The molecule has 1 aromatic carbocycles. The molecule has 0 aliphatic carbocycles. The van der Waals surface area contributed by atoms with Gasteiger partial charge in [-0.3, -0.25) is 0 Å². The first-order chi connectivity index (χ1) is 9.20. The minimum Gasteiger partial charge on any atom is -0.488 e. The molecule has 2 aromatic rings. The summed E-state index contributed by atoms with van der Waals surface area (Å²) >= 11 is 0. The van der Waals surface area contributed by atoms with Crippen molar-refractivity contribution in [1.82, 2.24) is 4.98 Å².